The quantitative estimate of drug-likeness (QED) is 0.629. The number of carbonyl (C=O) groups is 2. The highest BCUT2D eigenvalue weighted by atomic mass is 35.5. The van der Waals surface area contributed by atoms with Gasteiger partial charge < -0.3 is 16.0 Å². The van der Waals surface area contributed by atoms with E-state index in [0.717, 1.165) is 6.54 Å². The average molecular weight is 318 g/mol. The second-order valence-corrected chi connectivity index (χ2v) is 4.32. The van der Waals surface area contributed by atoms with E-state index >= 15 is 0 Å². The molecule has 0 spiro atoms. The molecule has 0 saturated carbocycles. The molecule has 0 aliphatic carbocycles. The molecule has 0 unspecified atom stereocenters. The number of rotatable bonds is 8. The molecule has 5 nitrogen and oxygen atoms in total. The largest absolute Gasteiger partial charge is 0.355 e. The number of halogens is 2. The zero-order valence-electron chi connectivity index (χ0n) is 11.9. The third kappa shape index (κ3) is 8.27. The van der Waals surface area contributed by atoms with Crippen LogP contribution >= 0.6 is 12.4 Å². The van der Waals surface area contributed by atoms with Crippen molar-refractivity contribution < 1.29 is 14.0 Å². The van der Waals surface area contributed by atoms with Crippen LogP contribution < -0.4 is 16.0 Å². The second-order valence-electron chi connectivity index (χ2n) is 4.32. The molecule has 0 fully saturated rings. The molecule has 1 aromatic carbocycles. The maximum atomic E-state index is 12.7. The van der Waals surface area contributed by atoms with Gasteiger partial charge in [0.05, 0.1) is 0 Å². The van der Waals surface area contributed by atoms with Gasteiger partial charge in [0.25, 0.3) is 5.91 Å². The molecule has 0 heterocycles. The maximum Gasteiger partial charge on any atom is 0.251 e. The van der Waals surface area contributed by atoms with Crippen LogP contribution in [0.4, 0.5) is 4.39 Å². The van der Waals surface area contributed by atoms with Crippen LogP contribution in [0.15, 0.2) is 24.3 Å². The lowest BCUT2D eigenvalue weighted by Gasteiger charge is -2.06. The first-order valence-electron chi connectivity index (χ1n) is 6.58. The predicted octanol–water partition coefficient (Wildman–Crippen LogP) is 1.09. The van der Waals surface area contributed by atoms with Gasteiger partial charge >= 0.3 is 0 Å². The summed E-state index contributed by atoms with van der Waals surface area (Å²) in [6, 6.07) is 5.33. The number of carbonyl (C=O) groups excluding carboxylic acids is 2. The van der Waals surface area contributed by atoms with Gasteiger partial charge in [-0.15, -0.1) is 12.4 Å². The summed E-state index contributed by atoms with van der Waals surface area (Å²) in [6.45, 7) is 1.74. The Labute approximate surface area is 130 Å². The Balaban J connectivity index is 0.00000400. The number of likely N-dealkylation sites (N-methyl/N-ethyl adjacent to an activating group) is 1. The lowest BCUT2D eigenvalue weighted by molar-refractivity contribution is -0.121. The van der Waals surface area contributed by atoms with Gasteiger partial charge in [-0.2, -0.15) is 0 Å². The molecule has 0 aromatic heterocycles. The van der Waals surface area contributed by atoms with Crippen molar-refractivity contribution in [3.8, 4) is 0 Å². The first-order valence-corrected chi connectivity index (χ1v) is 6.58. The summed E-state index contributed by atoms with van der Waals surface area (Å²) in [7, 11) is 1.82. The topological polar surface area (TPSA) is 70.2 Å². The van der Waals surface area contributed by atoms with Crippen molar-refractivity contribution in [3.05, 3.63) is 35.6 Å². The van der Waals surface area contributed by atoms with Crippen molar-refractivity contribution >= 4 is 24.2 Å². The molecule has 0 aliphatic rings. The summed E-state index contributed by atoms with van der Waals surface area (Å²) in [5, 5.41) is 8.37. The fourth-order valence-corrected chi connectivity index (χ4v) is 1.57. The highest BCUT2D eigenvalue weighted by Crippen LogP contribution is 2.02. The van der Waals surface area contributed by atoms with Crippen LogP contribution in [0.25, 0.3) is 0 Å². The van der Waals surface area contributed by atoms with Crippen molar-refractivity contribution in [2.24, 2.45) is 0 Å². The Morgan fingerprint density at radius 2 is 1.71 bits per heavy atom. The number of nitrogens with one attached hydrogen (secondary N) is 3. The molecule has 1 rings (SSSR count). The first-order chi connectivity index (χ1) is 9.63. The number of hydrogen-bond donors (Lipinski definition) is 3. The Morgan fingerprint density at radius 1 is 1.05 bits per heavy atom. The van der Waals surface area contributed by atoms with Crippen LogP contribution in [-0.2, 0) is 4.79 Å². The second kappa shape index (κ2) is 11.0. The first kappa shape index (κ1) is 19.3. The monoisotopic (exact) mass is 317 g/mol. The molecule has 0 saturated heterocycles. The summed E-state index contributed by atoms with van der Waals surface area (Å²) >= 11 is 0. The summed E-state index contributed by atoms with van der Waals surface area (Å²) in [6.07, 6.45) is 0.936. The van der Waals surface area contributed by atoms with E-state index in [1.54, 1.807) is 0 Å². The Kier molecular flexibility index (Phi) is 10.2. The molecule has 118 valence electrons. The minimum atomic E-state index is -0.375. The predicted molar refractivity (Wildman–Crippen MR) is 82.2 cm³/mol. The van der Waals surface area contributed by atoms with Crippen LogP contribution in [0.5, 0.6) is 0 Å². The zero-order chi connectivity index (χ0) is 14.8. The molecule has 3 N–H and O–H groups in total. The molecule has 0 bridgehead atoms. The Hall–Kier alpha value is -1.66. The van der Waals surface area contributed by atoms with Crippen molar-refractivity contribution in [3.63, 3.8) is 0 Å². The molecular formula is C14H21ClFN3O2. The van der Waals surface area contributed by atoms with E-state index in [1.807, 2.05) is 7.05 Å². The van der Waals surface area contributed by atoms with Crippen molar-refractivity contribution in [1.82, 2.24) is 16.0 Å². The van der Waals surface area contributed by atoms with Gasteiger partial charge in [-0.1, -0.05) is 0 Å². The van der Waals surface area contributed by atoms with Crippen LogP contribution in [0.3, 0.4) is 0 Å². The molecule has 1 aromatic rings. The van der Waals surface area contributed by atoms with E-state index in [0.29, 0.717) is 31.5 Å². The van der Waals surface area contributed by atoms with E-state index in [-0.39, 0.29) is 30.0 Å². The normalized spacial score (nSPS) is 9.62. The van der Waals surface area contributed by atoms with Crippen LogP contribution in [0, 0.1) is 5.82 Å². The molecule has 21 heavy (non-hydrogen) atoms. The van der Waals surface area contributed by atoms with Crippen molar-refractivity contribution in [2.45, 2.75) is 12.8 Å². The van der Waals surface area contributed by atoms with Crippen molar-refractivity contribution in [2.75, 3.05) is 26.7 Å². The minimum Gasteiger partial charge on any atom is -0.355 e. The van der Waals surface area contributed by atoms with Gasteiger partial charge in [-0.05, 0) is 37.7 Å². The lowest BCUT2D eigenvalue weighted by Crippen LogP contribution is -2.31. The van der Waals surface area contributed by atoms with Gasteiger partial charge in [0.2, 0.25) is 5.91 Å². The van der Waals surface area contributed by atoms with Crippen LogP contribution in [0.2, 0.25) is 0 Å². The fraction of sp³-hybridized carbons (Fsp3) is 0.429. The summed E-state index contributed by atoms with van der Waals surface area (Å²) < 4.78 is 12.7. The SMILES string of the molecule is CNCCNC(=O)CCCNC(=O)c1ccc(F)cc1.Cl. The molecule has 0 atom stereocenters. The number of hydrogen-bond acceptors (Lipinski definition) is 3. The Bertz CT molecular complexity index is 440. The summed E-state index contributed by atoms with van der Waals surface area (Å²) in [5.41, 5.74) is 0.407. The van der Waals surface area contributed by atoms with E-state index in [9.17, 15) is 14.0 Å². The van der Waals surface area contributed by atoms with Gasteiger partial charge in [0.1, 0.15) is 5.82 Å². The van der Waals surface area contributed by atoms with Crippen LogP contribution in [0.1, 0.15) is 23.2 Å². The van der Waals surface area contributed by atoms with E-state index in [4.69, 9.17) is 0 Å². The highest BCUT2D eigenvalue weighted by Gasteiger charge is 2.05. The van der Waals surface area contributed by atoms with Gasteiger partial charge in [-0.25, -0.2) is 4.39 Å². The molecular weight excluding hydrogens is 297 g/mol. The zero-order valence-corrected chi connectivity index (χ0v) is 12.8. The van der Waals surface area contributed by atoms with Crippen molar-refractivity contribution in [1.29, 1.82) is 0 Å². The Morgan fingerprint density at radius 3 is 2.33 bits per heavy atom. The average Bonchev–Trinajstić information content (AvgIpc) is 2.44. The van der Waals surface area contributed by atoms with E-state index in [1.165, 1.54) is 24.3 Å². The smallest absolute Gasteiger partial charge is 0.251 e. The van der Waals surface area contributed by atoms with Crippen LogP contribution in [-0.4, -0.2) is 38.5 Å². The lowest BCUT2D eigenvalue weighted by atomic mass is 10.2. The molecule has 0 aliphatic heterocycles. The van der Waals surface area contributed by atoms with Gasteiger partial charge in [0, 0.05) is 31.6 Å². The third-order valence-electron chi connectivity index (χ3n) is 2.67. The highest BCUT2D eigenvalue weighted by molar-refractivity contribution is 5.94. The third-order valence-corrected chi connectivity index (χ3v) is 2.67. The summed E-state index contributed by atoms with van der Waals surface area (Å²) in [5.74, 6) is -0.670. The minimum absolute atomic E-state index is 0. The molecule has 7 heteroatoms. The standard InChI is InChI=1S/C14H20FN3O2.ClH/c1-16-9-10-17-13(19)3-2-8-18-14(20)11-4-6-12(15)7-5-11;/h4-7,16H,2-3,8-10H2,1H3,(H,17,19)(H,18,20);1H. The number of benzene rings is 1. The summed E-state index contributed by atoms with van der Waals surface area (Å²) in [4.78, 5) is 23.0. The molecule has 2 amide bonds. The van der Waals surface area contributed by atoms with E-state index < -0.39 is 0 Å². The van der Waals surface area contributed by atoms with Gasteiger partial charge in [0.15, 0.2) is 0 Å². The van der Waals surface area contributed by atoms with E-state index in [2.05, 4.69) is 16.0 Å². The number of amides is 2. The molecule has 0 radical (unpaired) electrons. The maximum absolute atomic E-state index is 12.7. The fourth-order valence-electron chi connectivity index (χ4n) is 1.57. The van der Waals surface area contributed by atoms with Gasteiger partial charge in [-0.3, -0.25) is 9.59 Å².